The molecule has 1 heterocycles. The van der Waals surface area contributed by atoms with Crippen LogP contribution in [0.4, 0.5) is 19.3 Å². The van der Waals surface area contributed by atoms with Crippen molar-refractivity contribution in [2.75, 3.05) is 5.32 Å². The van der Waals surface area contributed by atoms with Gasteiger partial charge in [0, 0.05) is 11.6 Å². The first-order valence-electron chi connectivity index (χ1n) is 11.0. The predicted molar refractivity (Wildman–Crippen MR) is 126 cm³/mol. The van der Waals surface area contributed by atoms with Gasteiger partial charge in [-0.25, -0.2) is 18.6 Å². The average molecular weight is 443 g/mol. The second-order valence-electron chi connectivity index (χ2n) is 8.34. The highest BCUT2D eigenvalue weighted by molar-refractivity contribution is 6.08. The van der Waals surface area contributed by atoms with Crippen molar-refractivity contribution < 1.29 is 13.6 Å². The first-order chi connectivity index (χ1) is 16.1. The van der Waals surface area contributed by atoms with E-state index in [9.17, 15) is 13.6 Å². The van der Waals surface area contributed by atoms with Crippen LogP contribution in [0.1, 0.15) is 36.4 Å². The molecule has 0 bridgehead atoms. The highest BCUT2D eigenvalue weighted by Gasteiger charge is 2.43. The molecule has 1 N–H and O–H groups in total. The van der Waals surface area contributed by atoms with E-state index < -0.39 is 0 Å². The quantitative estimate of drug-likeness (QED) is 0.476. The van der Waals surface area contributed by atoms with E-state index in [0.717, 1.165) is 41.7 Å². The van der Waals surface area contributed by atoms with Crippen LogP contribution in [0.15, 0.2) is 89.5 Å². The highest BCUT2D eigenvalue weighted by Crippen LogP contribution is 2.44. The first-order valence-corrected chi connectivity index (χ1v) is 11.0. The van der Waals surface area contributed by atoms with Crippen molar-refractivity contribution in [3.8, 4) is 0 Å². The van der Waals surface area contributed by atoms with E-state index in [1.807, 2.05) is 36.4 Å². The molecule has 33 heavy (non-hydrogen) atoms. The van der Waals surface area contributed by atoms with Crippen molar-refractivity contribution >= 4 is 23.5 Å². The summed E-state index contributed by atoms with van der Waals surface area (Å²) in [6, 6.07) is 21.2. The number of hydrazone groups is 1. The number of carbonyl (C=O) groups is 1. The maximum atomic E-state index is 13.6. The fourth-order valence-corrected chi connectivity index (χ4v) is 4.62. The normalized spacial score (nSPS) is 21.0. The number of halogens is 2. The Hall–Kier alpha value is -3.80. The largest absolute Gasteiger partial charge is 0.342 e. The molecule has 1 aliphatic heterocycles. The fraction of sp³-hybridized carbons (Fsp3) is 0.185. The summed E-state index contributed by atoms with van der Waals surface area (Å²) in [7, 11) is 0. The number of rotatable bonds is 3. The van der Waals surface area contributed by atoms with E-state index in [2.05, 4.69) is 5.32 Å². The predicted octanol–water partition coefficient (Wildman–Crippen LogP) is 6.79. The summed E-state index contributed by atoms with van der Waals surface area (Å²) >= 11 is 0. The topological polar surface area (TPSA) is 44.7 Å². The number of para-hydroxylation sites is 1. The number of nitrogens with zero attached hydrogens (tertiary/aromatic N) is 2. The van der Waals surface area contributed by atoms with Crippen LogP contribution in [0.3, 0.4) is 0 Å². The molecule has 2 atom stereocenters. The molecule has 4 nitrogen and oxygen atoms in total. The fourth-order valence-electron chi connectivity index (χ4n) is 4.62. The lowest BCUT2D eigenvalue weighted by Gasteiger charge is -2.29. The molecule has 6 heteroatoms. The van der Waals surface area contributed by atoms with Gasteiger partial charge >= 0.3 is 6.03 Å². The summed E-state index contributed by atoms with van der Waals surface area (Å²) in [5.74, 6) is -0.604. The summed E-state index contributed by atoms with van der Waals surface area (Å²) in [5, 5.41) is 9.19. The van der Waals surface area contributed by atoms with E-state index in [0.29, 0.717) is 5.69 Å². The Labute approximate surface area is 191 Å². The lowest BCUT2D eigenvalue weighted by atomic mass is 9.77. The van der Waals surface area contributed by atoms with Crippen molar-refractivity contribution in [3.05, 3.63) is 107 Å². The maximum absolute atomic E-state index is 13.6. The van der Waals surface area contributed by atoms with E-state index >= 15 is 0 Å². The number of hydrogen-bond donors (Lipinski definition) is 1. The second-order valence-corrected chi connectivity index (χ2v) is 8.34. The molecule has 0 radical (unpaired) electrons. The smallest absolute Gasteiger partial charge is 0.306 e. The molecule has 3 aromatic carbocycles. The molecule has 166 valence electrons. The molecular weight excluding hydrogens is 420 g/mol. The van der Waals surface area contributed by atoms with Crippen molar-refractivity contribution in [1.29, 1.82) is 0 Å². The maximum Gasteiger partial charge on any atom is 0.342 e. The monoisotopic (exact) mass is 443 g/mol. The van der Waals surface area contributed by atoms with Gasteiger partial charge in [-0.2, -0.15) is 5.10 Å². The van der Waals surface area contributed by atoms with Gasteiger partial charge in [0.1, 0.15) is 11.6 Å². The van der Waals surface area contributed by atoms with Gasteiger partial charge in [0.25, 0.3) is 0 Å². The molecule has 5 rings (SSSR count). The Kier molecular flexibility index (Phi) is 5.73. The van der Waals surface area contributed by atoms with E-state index in [1.165, 1.54) is 29.3 Å². The first kappa shape index (κ1) is 21.1. The number of amides is 2. The van der Waals surface area contributed by atoms with Crippen molar-refractivity contribution in [1.82, 2.24) is 5.01 Å². The summed E-state index contributed by atoms with van der Waals surface area (Å²) in [6.07, 6.45) is 4.67. The second kappa shape index (κ2) is 8.98. The third-order valence-corrected chi connectivity index (χ3v) is 6.16. The number of nitrogens with one attached hydrogen (secondary N) is 1. The molecule has 1 saturated carbocycles. The molecule has 2 aliphatic rings. The Morgan fingerprint density at radius 2 is 1.61 bits per heavy atom. The standard InChI is InChI=1S/C27H23F2N3O/c28-21-13-9-18(10-14-21)17-20-5-4-8-24-25(20)31-32(26(24)19-11-15-22(29)16-12-19)27(33)30-23-6-2-1-3-7-23/h1-3,6-7,9-17,24,26H,4-5,8H2,(H,30,33). The summed E-state index contributed by atoms with van der Waals surface area (Å²) in [6.45, 7) is 0. The van der Waals surface area contributed by atoms with Crippen molar-refractivity contribution in [2.24, 2.45) is 11.0 Å². The number of benzene rings is 3. The molecule has 0 spiro atoms. The van der Waals surface area contributed by atoms with Gasteiger partial charge in [-0.3, -0.25) is 0 Å². The van der Waals surface area contributed by atoms with Gasteiger partial charge in [0.15, 0.2) is 0 Å². The number of anilines is 1. The summed E-state index contributed by atoms with van der Waals surface area (Å²) in [4.78, 5) is 13.3. The SMILES string of the molecule is O=C(Nc1ccccc1)N1N=C2C(=Cc3ccc(F)cc3)CCCC2C1c1ccc(F)cc1. The lowest BCUT2D eigenvalue weighted by molar-refractivity contribution is 0.188. The van der Waals surface area contributed by atoms with Crippen molar-refractivity contribution in [2.45, 2.75) is 25.3 Å². The van der Waals surface area contributed by atoms with Crippen LogP contribution in [0.2, 0.25) is 0 Å². The van der Waals surface area contributed by atoms with E-state index in [1.54, 1.807) is 24.3 Å². The number of urea groups is 1. The van der Waals surface area contributed by atoms with Gasteiger partial charge < -0.3 is 5.32 Å². The van der Waals surface area contributed by atoms with Crippen LogP contribution < -0.4 is 5.32 Å². The zero-order valence-electron chi connectivity index (χ0n) is 17.9. The van der Waals surface area contributed by atoms with Crippen LogP contribution in [0, 0.1) is 17.6 Å². The highest BCUT2D eigenvalue weighted by atomic mass is 19.1. The van der Waals surface area contributed by atoms with E-state index in [-0.39, 0.29) is 29.6 Å². The lowest BCUT2D eigenvalue weighted by Crippen LogP contribution is -2.34. The third-order valence-electron chi connectivity index (χ3n) is 6.16. The summed E-state index contributed by atoms with van der Waals surface area (Å²) < 4.78 is 27.0. The van der Waals surface area contributed by atoms with Gasteiger partial charge in [-0.1, -0.05) is 42.5 Å². The van der Waals surface area contributed by atoms with Crippen LogP contribution >= 0.6 is 0 Å². The minimum absolute atomic E-state index is 0.00238. The van der Waals surface area contributed by atoms with Crippen LogP contribution in [0.5, 0.6) is 0 Å². The molecule has 0 saturated heterocycles. The van der Waals surface area contributed by atoms with Gasteiger partial charge in [0.2, 0.25) is 0 Å². The average Bonchev–Trinajstić information content (AvgIpc) is 3.23. The molecular formula is C27H23F2N3O. The third kappa shape index (κ3) is 4.42. The van der Waals surface area contributed by atoms with Gasteiger partial charge in [-0.15, -0.1) is 0 Å². The van der Waals surface area contributed by atoms with E-state index in [4.69, 9.17) is 5.10 Å². The van der Waals surface area contributed by atoms with Crippen LogP contribution in [-0.4, -0.2) is 16.8 Å². The molecule has 1 aliphatic carbocycles. The molecule has 2 amide bonds. The minimum Gasteiger partial charge on any atom is -0.306 e. The zero-order chi connectivity index (χ0) is 22.8. The molecule has 0 aromatic heterocycles. The Balaban J connectivity index is 1.52. The van der Waals surface area contributed by atoms with Crippen LogP contribution in [-0.2, 0) is 0 Å². The van der Waals surface area contributed by atoms with Gasteiger partial charge in [0.05, 0.1) is 11.8 Å². The number of allylic oxidation sites excluding steroid dienone is 1. The Morgan fingerprint density at radius 3 is 2.30 bits per heavy atom. The Morgan fingerprint density at radius 1 is 0.939 bits per heavy atom. The number of carbonyl (C=O) groups excluding carboxylic acids is 1. The summed E-state index contributed by atoms with van der Waals surface area (Å²) in [5.41, 5.74) is 4.31. The Bertz CT molecular complexity index is 1200. The van der Waals surface area contributed by atoms with Crippen molar-refractivity contribution in [3.63, 3.8) is 0 Å². The minimum atomic E-state index is -0.335. The zero-order valence-corrected chi connectivity index (χ0v) is 17.9. The molecule has 2 unspecified atom stereocenters. The number of hydrogen-bond acceptors (Lipinski definition) is 2. The number of fused-ring (bicyclic) bond motifs is 1. The molecule has 1 fully saturated rings. The van der Waals surface area contributed by atoms with Gasteiger partial charge in [-0.05, 0) is 78.4 Å². The van der Waals surface area contributed by atoms with Crippen LogP contribution in [0.25, 0.3) is 6.08 Å². The molecule has 3 aromatic rings.